The van der Waals surface area contributed by atoms with Gasteiger partial charge >= 0.3 is 5.91 Å². The number of aliphatic hydroxyl groups excluding tert-OH is 1. The topological polar surface area (TPSA) is 92.6 Å². The third-order valence-corrected chi connectivity index (χ3v) is 7.71. The lowest BCUT2D eigenvalue weighted by atomic mass is 9.93. The number of rotatable bonds is 7. The maximum atomic E-state index is 13.4. The summed E-state index contributed by atoms with van der Waals surface area (Å²) in [5.74, 6) is -0.814. The van der Waals surface area contributed by atoms with Crippen molar-refractivity contribution in [1.29, 1.82) is 0 Å². The minimum absolute atomic E-state index is 0.0127. The van der Waals surface area contributed by atoms with Crippen molar-refractivity contribution in [3.8, 4) is 5.75 Å². The molecule has 1 fully saturated rings. The van der Waals surface area contributed by atoms with E-state index in [4.69, 9.17) is 4.74 Å². The van der Waals surface area contributed by atoms with Crippen molar-refractivity contribution in [2.24, 2.45) is 0 Å². The summed E-state index contributed by atoms with van der Waals surface area (Å²) in [6, 6.07) is 21.8. The molecular weight excluding hydrogens is 510 g/mol. The second-order valence-corrected chi connectivity index (χ2v) is 11.0. The fourth-order valence-corrected chi connectivity index (χ4v) is 5.30. The second-order valence-electron chi connectivity index (χ2n) is 9.83. The molecule has 1 aromatic heterocycles. The first-order valence-electron chi connectivity index (χ1n) is 12.7. The summed E-state index contributed by atoms with van der Waals surface area (Å²) in [6.07, 6.45) is 0. The molecule has 1 amide bonds. The molecule has 0 bridgehead atoms. The van der Waals surface area contributed by atoms with E-state index < -0.39 is 17.7 Å². The Kier molecular flexibility index (Phi) is 7.30. The summed E-state index contributed by atoms with van der Waals surface area (Å²) >= 11 is 1.22. The lowest BCUT2D eigenvalue weighted by Crippen LogP contribution is -2.29. The minimum atomic E-state index is -0.837. The van der Waals surface area contributed by atoms with Crippen LogP contribution < -0.4 is 9.64 Å². The van der Waals surface area contributed by atoms with E-state index in [0.29, 0.717) is 39.5 Å². The van der Waals surface area contributed by atoms with Crippen LogP contribution in [-0.4, -0.2) is 27.0 Å². The van der Waals surface area contributed by atoms with Crippen LogP contribution in [0.15, 0.2) is 78.4 Å². The summed E-state index contributed by atoms with van der Waals surface area (Å²) in [6.45, 7) is 8.42. The Bertz CT molecular complexity index is 1560. The average molecular weight is 540 g/mol. The number of nitrogens with zero attached hydrogens (tertiary/aromatic N) is 3. The average Bonchev–Trinajstić information content (AvgIpc) is 3.48. The van der Waals surface area contributed by atoms with Gasteiger partial charge in [0.05, 0.1) is 11.6 Å². The molecule has 1 aliphatic heterocycles. The van der Waals surface area contributed by atoms with Gasteiger partial charge in [0.2, 0.25) is 5.13 Å². The first-order valence-corrected chi connectivity index (χ1v) is 13.5. The van der Waals surface area contributed by atoms with Crippen molar-refractivity contribution in [2.45, 2.75) is 46.3 Å². The van der Waals surface area contributed by atoms with Crippen molar-refractivity contribution in [1.82, 2.24) is 10.2 Å². The molecule has 5 rings (SSSR count). The molecule has 1 N–H and O–H groups in total. The number of anilines is 1. The predicted molar refractivity (Wildman–Crippen MR) is 152 cm³/mol. The highest BCUT2D eigenvalue weighted by atomic mass is 32.1. The van der Waals surface area contributed by atoms with Crippen molar-refractivity contribution in [3.63, 3.8) is 0 Å². The maximum Gasteiger partial charge on any atom is 0.301 e. The van der Waals surface area contributed by atoms with E-state index in [9.17, 15) is 14.7 Å². The lowest BCUT2D eigenvalue weighted by Gasteiger charge is -2.23. The Labute approximate surface area is 231 Å². The van der Waals surface area contributed by atoms with Crippen LogP contribution in [0.3, 0.4) is 0 Å². The molecule has 8 heteroatoms. The van der Waals surface area contributed by atoms with E-state index >= 15 is 0 Å². The molecule has 4 aromatic rings. The van der Waals surface area contributed by atoms with Crippen LogP contribution in [0.5, 0.6) is 5.75 Å². The van der Waals surface area contributed by atoms with Gasteiger partial charge in [-0.3, -0.25) is 14.5 Å². The van der Waals surface area contributed by atoms with Crippen LogP contribution in [0, 0.1) is 13.8 Å². The van der Waals surface area contributed by atoms with Gasteiger partial charge in [0.1, 0.15) is 23.1 Å². The van der Waals surface area contributed by atoms with Crippen molar-refractivity contribution >= 4 is 33.9 Å². The Morgan fingerprint density at radius 3 is 2.28 bits per heavy atom. The van der Waals surface area contributed by atoms with E-state index in [0.717, 1.165) is 16.7 Å². The first kappa shape index (κ1) is 26.3. The number of hydrogen-bond acceptors (Lipinski definition) is 7. The van der Waals surface area contributed by atoms with E-state index in [-0.39, 0.29) is 11.3 Å². The molecule has 0 saturated carbocycles. The summed E-state index contributed by atoms with van der Waals surface area (Å²) in [5.41, 5.74) is 4.48. The largest absolute Gasteiger partial charge is 0.507 e. The fraction of sp³-hybridized carbons (Fsp3) is 0.226. The van der Waals surface area contributed by atoms with Gasteiger partial charge in [-0.15, -0.1) is 10.2 Å². The number of hydrogen-bond donors (Lipinski definition) is 1. The molecule has 1 aliphatic rings. The molecule has 7 nitrogen and oxygen atoms in total. The van der Waals surface area contributed by atoms with Crippen LogP contribution in [0.1, 0.15) is 58.6 Å². The zero-order valence-corrected chi connectivity index (χ0v) is 23.0. The van der Waals surface area contributed by atoms with Crippen LogP contribution in [-0.2, 0) is 16.2 Å². The summed E-state index contributed by atoms with van der Waals surface area (Å²) in [7, 11) is 0. The molecule has 0 aliphatic carbocycles. The summed E-state index contributed by atoms with van der Waals surface area (Å²) in [5, 5.41) is 20.5. The molecule has 1 unspecified atom stereocenters. The smallest absolute Gasteiger partial charge is 0.301 e. The quantitative estimate of drug-likeness (QED) is 0.164. The lowest BCUT2D eigenvalue weighted by molar-refractivity contribution is -0.132. The van der Waals surface area contributed by atoms with Crippen LogP contribution in [0.4, 0.5) is 5.13 Å². The zero-order chi connectivity index (χ0) is 27.7. The standard InChI is InChI=1S/C31H29N3O4S/c1-18(2)21-9-11-22(12-10-21)27-26(29(36)30(37)34(27)31-33-32-20(4)39-31)28(35)23-13-15-25(16-14-23)38-17-24-8-6-5-7-19(24)3/h5-16,18,27,35H,17H2,1-4H3. The zero-order valence-electron chi connectivity index (χ0n) is 22.2. The van der Waals surface area contributed by atoms with Crippen LogP contribution in [0.2, 0.25) is 0 Å². The Hall–Kier alpha value is -4.30. The number of aliphatic hydroxyl groups is 1. The number of amides is 1. The SMILES string of the molecule is Cc1nnc(N2C(=O)C(=O)C(=C(O)c3ccc(OCc4ccccc4C)cc3)C2c2ccc(C(C)C)cc2)s1. The normalized spacial score (nSPS) is 16.7. The Morgan fingerprint density at radius 1 is 0.974 bits per heavy atom. The van der Waals surface area contributed by atoms with E-state index in [1.54, 1.807) is 31.2 Å². The minimum Gasteiger partial charge on any atom is -0.507 e. The number of benzene rings is 3. The second kappa shape index (κ2) is 10.8. The van der Waals surface area contributed by atoms with Gasteiger partial charge in [-0.05, 0) is 66.3 Å². The Balaban J connectivity index is 1.51. The molecule has 198 valence electrons. The van der Waals surface area contributed by atoms with E-state index in [2.05, 4.69) is 24.0 Å². The molecule has 2 heterocycles. The fourth-order valence-electron chi connectivity index (χ4n) is 4.59. The van der Waals surface area contributed by atoms with Crippen LogP contribution >= 0.6 is 11.3 Å². The molecule has 0 spiro atoms. The molecule has 1 atom stereocenters. The summed E-state index contributed by atoms with van der Waals surface area (Å²) < 4.78 is 5.93. The molecule has 1 saturated heterocycles. The maximum absolute atomic E-state index is 13.4. The molecular formula is C31H29N3O4S. The number of aryl methyl sites for hydroxylation is 2. The van der Waals surface area contributed by atoms with Crippen molar-refractivity contribution in [3.05, 3.63) is 111 Å². The number of ether oxygens (including phenoxy) is 1. The molecule has 39 heavy (non-hydrogen) atoms. The molecule has 0 radical (unpaired) electrons. The monoisotopic (exact) mass is 539 g/mol. The van der Waals surface area contributed by atoms with Crippen molar-refractivity contribution < 1.29 is 19.4 Å². The number of ketones is 1. The number of aromatic nitrogens is 2. The van der Waals surface area contributed by atoms with E-state index in [1.165, 1.54) is 16.2 Å². The predicted octanol–water partition coefficient (Wildman–Crippen LogP) is 6.48. The third-order valence-electron chi connectivity index (χ3n) is 6.87. The third kappa shape index (κ3) is 5.20. The Morgan fingerprint density at radius 2 is 1.67 bits per heavy atom. The highest BCUT2D eigenvalue weighted by Gasteiger charge is 2.48. The number of Topliss-reactive ketones (excluding diaryl/α,β-unsaturated/α-hetero) is 1. The van der Waals surface area contributed by atoms with Gasteiger partial charge in [-0.25, -0.2) is 0 Å². The van der Waals surface area contributed by atoms with Gasteiger partial charge in [0, 0.05) is 5.56 Å². The van der Waals surface area contributed by atoms with E-state index in [1.807, 2.05) is 55.5 Å². The first-order chi connectivity index (χ1) is 18.7. The van der Waals surface area contributed by atoms with Gasteiger partial charge < -0.3 is 9.84 Å². The van der Waals surface area contributed by atoms with Gasteiger partial charge in [0.25, 0.3) is 5.78 Å². The summed E-state index contributed by atoms with van der Waals surface area (Å²) in [4.78, 5) is 28.0. The molecule has 3 aromatic carbocycles. The number of carbonyl (C=O) groups excluding carboxylic acids is 2. The van der Waals surface area contributed by atoms with Gasteiger partial charge in [-0.1, -0.05) is 73.7 Å². The highest BCUT2D eigenvalue weighted by Crippen LogP contribution is 2.43. The van der Waals surface area contributed by atoms with Crippen LogP contribution in [0.25, 0.3) is 5.76 Å². The van der Waals surface area contributed by atoms with Crippen molar-refractivity contribution in [2.75, 3.05) is 4.90 Å². The number of carbonyl (C=O) groups is 2. The van der Waals surface area contributed by atoms with Gasteiger partial charge in [0.15, 0.2) is 0 Å². The van der Waals surface area contributed by atoms with Gasteiger partial charge in [-0.2, -0.15) is 0 Å². The highest BCUT2D eigenvalue weighted by molar-refractivity contribution is 7.15.